The Kier molecular flexibility index (Phi) is 6.84. The van der Waals surface area contributed by atoms with Gasteiger partial charge in [0.25, 0.3) is 5.91 Å². The highest BCUT2D eigenvalue weighted by Crippen LogP contribution is 2.26. The second-order valence-corrected chi connectivity index (χ2v) is 9.14. The summed E-state index contributed by atoms with van der Waals surface area (Å²) in [5, 5.41) is 2.79. The van der Waals surface area contributed by atoms with Crippen molar-refractivity contribution in [3.63, 3.8) is 0 Å². The van der Waals surface area contributed by atoms with Crippen molar-refractivity contribution in [2.75, 3.05) is 18.5 Å². The zero-order valence-corrected chi connectivity index (χ0v) is 18.2. The first kappa shape index (κ1) is 22.0. The normalized spacial score (nSPS) is 15.9. The van der Waals surface area contributed by atoms with E-state index in [0.29, 0.717) is 29.4 Å². The largest absolute Gasteiger partial charge is 0.457 e. The molecule has 3 aromatic rings. The molecular weight excluding hydrogens is 428 g/mol. The van der Waals surface area contributed by atoms with Gasteiger partial charge in [-0.05, 0) is 61.4 Å². The van der Waals surface area contributed by atoms with E-state index in [0.717, 1.165) is 12.8 Å². The summed E-state index contributed by atoms with van der Waals surface area (Å²) in [5.74, 6) is 0.690. The minimum atomic E-state index is -3.65. The van der Waals surface area contributed by atoms with Crippen molar-refractivity contribution < 1.29 is 22.7 Å². The zero-order chi connectivity index (χ0) is 22.4. The van der Waals surface area contributed by atoms with Crippen molar-refractivity contribution in [3.05, 3.63) is 84.4 Å². The van der Waals surface area contributed by atoms with Gasteiger partial charge in [0.05, 0.1) is 16.6 Å². The number of rotatable bonds is 8. The van der Waals surface area contributed by atoms with Crippen LogP contribution in [0.1, 0.15) is 23.2 Å². The summed E-state index contributed by atoms with van der Waals surface area (Å²) in [7, 11) is -3.65. The van der Waals surface area contributed by atoms with E-state index in [2.05, 4.69) is 10.0 Å². The number of hydrogen-bond donors (Lipinski definition) is 2. The van der Waals surface area contributed by atoms with E-state index in [9.17, 15) is 13.2 Å². The first-order valence-corrected chi connectivity index (χ1v) is 11.8. The molecule has 1 atom stereocenters. The second-order valence-electron chi connectivity index (χ2n) is 7.38. The summed E-state index contributed by atoms with van der Waals surface area (Å²) in [4.78, 5) is 12.9. The molecule has 166 valence electrons. The van der Waals surface area contributed by atoms with Gasteiger partial charge in [0.15, 0.2) is 0 Å². The summed E-state index contributed by atoms with van der Waals surface area (Å²) in [6, 6.07) is 22.2. The standard InChI is InChI=1S/C24H24N2O5S/c27-24(22-10-4-5-11-23(22)31-19-7-2-1-3-8-19)26-18-12-14-21(15-13-18)32(28,29)25-17-20-9-6-16-30-20/h1-5,7-8,10-15,20,25H,6,9,16-17H2,(H,26,27). The maximum absolute atomic E-state index is 12.8. The Morgan fingerprint density at radius 2 is 1.69 bits per heavy atom. The lowest BCUT2D eigenvalue weighted by molar-refractivity contribution is 0.102. The number of ether oxygens (including phenoxy) is 2. The first-order chi connectivity index (χ1) is 15.5. The lowest BCUT2D eigenvalue weighted by Crippen LogP contribution is -2.31. The molecule has 0 bridgehead atoms. The van der Waals surface area contributed by atoms with Crippen molar-refractivity contribution in [3.8, 4) is 11.5 Å². The van der Waals surface area contributed by atoms with Crippen LogP contribution in [-0.4, -0.2) is 33.6 Å². The predicted octanol–water partition coefficient (Wildman–Crippen LogP) is 4.19. The van der Waals surface area contributed by atoms with Crippen LogP contribution in [0.2, 0.25) is 0 Å². The number of sulfonamides is 1. The number of benzene rings is 3. The molecule has 1 saturated heterocycles. The Balaban J connectivity index is 1.42. The molecule has 0 spiro atoms. The van der Waals surface area contributed by atoms with Crippen LogP contribution in [0.3, 0.4) is 0 Å². The molecule has 1 unspecified atom stereocenters. The summed E-state index contributed by atoms with van der Waals surface area (Å²) in [6.07, 6.45) is 1.71. The van der Waals surface area contributed by atoms with Crippen LogP contribution in [0, 0.1) is 0 Å². The fraction of sp³-hybridized carbons (Fsp3) is 0.208. The third kappa shape index (κ3) is 5.53. The molecule has 2 N–H and O–H groups in total. The van der Waals surface area contributed by atoms with Crippen LogP contribution in [0.25, 0.3) is 0 Å². The maximum atomic E-state index is 12.8. The highest BCUT2D eigenvalue weighted by atomic mass is 32.2. The van der Waals surface area contributed by atoms with Gasteiger partial charge in [0, 0.05) is 18.8 Å². The first-order valence-electron chi connectivity index (χ1n) is 10.4. The van der Waals surface area contributed by atoms with Gasteiger partial charge in [-0.2, -0.15) is 0 Å². The van der Waals surface area contributed by atoms with Gasteiger partial charge < -0.3 is 14.8 Å². The molecule has 7 nitrogen and oxygen atoms in total. The third-order valence-corrected chi connectivity index (χ3v) is 6.49. The molecule has 1 fully saturated rings. The van der Waals surface area contributed by atoms with Crippen LogP contribution in [0.4, 0.5) is 5.69 Å². The SMILES string of the molecule is O=C(Nc1ccc(S(=O)(=O)NCC2CCCO2)cc1)c1ccccc1Oc1ccccc1. The zero-order valence-electron chi connectivity index (χ0n) is 17.4. The van der Waals surface area contributed by atoms with E-state index in [1.54, 1.807) is 48.5 Å². The summed E-state index contributed by atoms with van der Waals surface area (Å²) in [5.41, 5.74) is 0.842. The Labute approximate surface area is 187 Å². The monoisotopic (exact) mass is 452 g/mol. The van der Waals surface area contributed by atoms with E-state index >= 15 is 0 Å². The Hall–Kier alpha value is -3.20. The Morgan fingerprint density at radius 1 is 0.969 bits per heavy atom. The average molecular weight is 453 g/mol. The number of carbonyl (C=O) groups excluding carboxylic acids is 1. The van der Waals surface area contributed by atoms with E-state index in [1.165, 1.54) is 12.1 Å². The fourth-order valence-corrected chi connectivity index (χ4v) is 4.43. The van der Waals surface area contributed by atoms with E-state index in [4.69, 9.17) is 9.47 Å². The lowest BCUT2D eigenvalue weighted by Gasteiger charge is -2.13. The van der Waals surface area contributed by atoms with Crippen molar-refractivity contribution in [2.45, 2.75) is 23.8 Å². The predicted molar refractivity (Wildman–Crippen MR) is 122 cm³/mol. The van der Waals surface area contributed by atoms with Crippen LogP contribution >= 0.6 is 0 Å². The molecule has 4 rings (SSSR count). The molecule has 1 heterocycles. The van der Waals surface area contributed by atoms with Crippen molar-refractivity contribution in [2.24, 2.45) is 0 Å². The van der Waals surface area contributed by atoms with Crippen LogP contribution in [-0.2, 0) is 14.8 Å². The van der Waals surface area contributed by atoms with Crippen molar-refractivity contribution in [1.29, 1.82) is 0 Å². The Bertz CT molecular complexity index is 1160. The summed E-state index contributed by atoms with van der Waals surface area (Å²) < 4.78 is 38.9. The highest BCUT2D eigenvalue weighted by Gasteiger charge is 2.20. The van der Waals surface area contributed by atoms with E-state index < -0.39 is 10.0 Å². The highest BCUT2D eigenvalue weighted by molar-refractivity contribution is 7.89. The number of amides is 1. The molecule has 3 aromatic carbocycles. The molecule has 0 aromatic heterocycles. The third-order valence-electron chi connectivity index (χ3n) is 5.05. The van der Waals surface area contributed by atoms with Gasteiger partial charge in [-0.25, -0.2) is 13.1 Å². The second kappa shape index (κ2) is 9.95. The molecular formula is C24H24N2O5S. The van der Waals surface area contributed by atoms with Crippen LogP contribution in [0.5, 0.6) is 11.5 Å². The quantitative estimate of drug-likeness (QED) is 0.535. The fourth-order valence-electron chi connectivity index (χ4n) is 3.37. The smallest absolute Gasteiger partial charge is 0.259 e. The molecule has 0 aliphatic carbocycles. The van der Waals surface area contributed by atoms with Gasteiger partial charge in [0.2, 0.25) is 10.0 Å². The number of anilines is 1. The summed E-state index contributed by atoms with van der Waals surface area (Å²) in [6.45, 7) is 0.916. The molecule has 32 heavy (non-hydrogen) atoms. The van der Waals surface area contributed by atoms with E-state index in [-0.39, 0.29) is 23.5 Å². The van der Waals surface area contributed by atoms with Crippen LogP contribution in [0.15, 0.2) is 83.8 Å². The average Bonchev–Trinajstić information content (AvgIpc) is 3.33. The van der Waals surface area contributed by atoms with Gasteiger partial charge in [-0.3, -0.25) is 4.79 Å². The minimum Gasteiger partial charge on any atom is -0.457 e. The number of hydrogen-bond acceptors (Lipinski definition) is 5. The summed E-state index contributed by atoms with van der Waals surface area (Å²) >= 11 is 0. The van der Waals surface area contributed by atoms with Crippen molar-refractivity contribution in [1.82, 2.24) is 4.72 Å². The van der Waals surface area contributed by atoms with Gasteiger partial charge in [-0.1, -0.05) is 30.3 Å². The molecule has 8 heteroatoms. The number of nitrogens with one attached hydrogen (secondary N) is 2. The number of para-hydroxylation sites is 2. The topological polar surface area (TPSA) is 93.7 Å². The van der Waals surface area contributed by atoms with E-state index in [1.807, 2.05) is 18.2 Å². The molecule has 1 aliphatic heterocycles. The van der Waals surface area contributed by atoms with Gasteiger partial charge in [-0.15, -0.1) is 0 Å². The molecule has 0 saturated carbocycles. The molecule has 1 amide bonds. The lowest BCUT2D eigenvalue weighted by atomic mass is 10.2. The van der Waals surface area contributed by atoms with Gasteiger partial charge in [0.1, 0.15) is 11.5 Å². The minimum absolute atomic E-state index is 0.0819. The molecule has 1 aliphatic rings. The van der Waals surface area contributed by atoms with Crippen molar-refractivity contribution >= 4 is 21.6 Å². The van der Waals surface area contributed by atoms with Crippen LogP contribution < -0.4 is 14.8 Å². The Morgan fingerprint density at radius 3 is 2.41 bits per heavy atom. The maximum Gasteiger partial charge on any atom is 0.259 e. The molecule has 0 radical (unpaired) electrons. The van der Waals surface area contributed by atoms with Gasteiger partial charge >= 0.3 is 0 Å². The number of carbonyl (C=O) groups is 1.